The molecule has 8 nitrogen and oxygen atoms in total. The molecule has 3 heterocycles. The Balaban J connectivity index is 1.40. The number of benzene rings is 2. The summed E-state index contributed by atoms with van der Waals surface area (Å²) >= 11 is 0. The number of tetrazole rings is 1. The van der Waals surface area contributed by atoms with Crippen LogP contribution in [0.5, 0.6) is 0 Å². The highest BCUT2D eigenvalue weighted by Crippen LogP contribution is 2.34. The fourth-order valence-electron chi connectivity index (χ4n) is 6.09. The van der Waals surface area contributed by atoms with Crippen LogP contribution in [0.2, 0.25) is 0 Å². The van der Waals surface area contributed by atoms with Crippen molar-refractivity contribution < 1.29 is 4.39 Å². The highest BCUT2D eigenvalue weighted by atomic mass is 19.1. The van der Waals surface area contributed by atoms with Gasteiger partial charge in [0.05, 0.1) is 11.7 Å². The molecule has 198 valence electrons. The predicted octanol–water partition coefficient (Wildman–Crippen LogP) is 4.69. The van der Waals surface area contributed by atoms with E-state index in [1.54, 1.807) is 6.07 Å². The van der Waals surface area contributed by atoms with Crippen LogP contribution >= 0.6 is 0 Å². The fraction of sp³-hybridized carbons (Fsp3) is 0.448. The van der Waals surface area contributed by atoms with Crippen LogP contribution in [0.1, 0.15) is 66.7 Å². The van der Waals surface area contributed by atoms with Gasteiger partial charge in [0.15, 0.2) is 5.82 Å². The van der Waals surface area contributed by atoms with E-state index < -0.39 is 6.04 Å². The molecule has 2 aliphatic rings. The number of anilines is 1. The van der Waals surface area contributed by atoms with Crippen LogP contribution in [0.25, 0.3) is 10.9 Å². The Bertz CT molecular complexity index is 1500. The minimum Gasteiger partial charge on any atom is -0.367 e. The summed E-state index contributed by atoms with van der Waals surface area (Å²) < 4.78 is 16.5. The van der Waals surface area contributed by atoms with Crippen LogP contribution in [-0.4, -0.2) is 56.3 Å². The maximum atomic E-state index is 14.5. The zero-order chi connectivity index (χ0) is 26.2. The number of rotatable bonds is 5. The molecule has 0 radical (unpaired) electrons. The molecular weight excluding hydrogens is 481 g/mol. The molecule has 1 saturated carbocycles. The molecule has 2 aromatic carbocycles. The molecule has 1 atom stereocenters. The quantitative estimate of drug-likeness (QED) is 0.415. The molecule has 1 saturated heterocycles. The van der Waals surface area contributed by atoms with Crippen molar-refractivity contribution >= 4 is 16.6 Å². The molecule has 2 aromatic heterocycles. The lowest BCUT2D eigenvalue weighted by molar-refractivity contribution is 0.192. The lowest BCUT2D eigenvalue weighted by atomic mass is 9.95. The van der Waals surface area contributed by atoms with E-state index in [0.29, 0.717) is 43.3 Å². The Kier molecular flexibility index (Phi) is 6.69. The van der Waals surface area contributed by atoms with Crippen molar-refractivity contribution in [1.29, 1.82) is 0 Å². The summed E-state index contributed by atoms with van der Waals surface area (Å²) in [5.74, 6) is 0.500. The SMILES string of the molecule is Cc1cc2cc([C@@H](c3nnnn3C3CCCCC3)N3CCN(c4ccccc4F)CC3)c(=O)[nH]c2cc1C. The number of aromatic nitrogens is 5. The van der Waals surface area contributed by atoms with E-state index in [9.17, 15) is 9.18 Å². The third-order valence-electron chi connectivity index (χ3n) is 8.34. The standard InChI is InChI=1S/C29H34FN7O/c1-19-16-21-18-23(29(38)31-25(21)17-20(19)2)27(28-32-33-34-37(28)22-8-4-3-5-9-22)36-14-12-35(13-15-36)26-11-7-6-10-24(26)30/h6-7,10-11,16-18,22,27H,3-5,8-9,12-15H2,1-2H3,(H,31,38)/t27-/m0/s1. The predicted molar refractivity (Wildman–Crippen MR) is 146 cm³/mol. The van der Waals surface area contributed by atoms with E-state index in [-0.39, 0.29) is 17.4 Å². The minimum atomic E-state index is -0.399. The number of hydrogen-bond donors (Lipinski definition) is 1. The number of pyridine rings is 1. The van der Waals surface area contributed by atoms with Gasteiger partial charge in [0.2, 0.25) is 0 Å². The Morgan fingerprint density at radius 2 is 1.71 bits per heavy atom. The number of aromatic amines is 1. The Hall–Kier alpha value is -3.59. The van der Waals surface area contributed by atoms with Crippen molar-refractivity contribution in [2.75, 3.05) is 31.1 Å². The topological polar surface area (TPSA) is 82.9 Å². The summed E-state index contributed by atoms with van der Waals surface area (Å²) in [6.45, 7) is 6.74. The van der Waals surface area contributed by atoms with Gasteiger partial charge in [-0.1, -0.05) is 31.4 Å². The van der Waals surface area contributed by atoms with Crippen LogP contribution in [0.3, 0.4) is 0 Å². The molecule has 1 aliphatic heterocycles. The number of fused-ring (bicyclic) bond motifs is 1. The highest BCUT2D eigenvalue weighted by molar-refractivity contribution is 5.81. The molecular formula is C29H34FN7O. The zero-order valence-electron chi connectivity index (χ0n) is 22.0. The van der Waals surface area contributed by atoms with Crippen LogP contribution < -0.4 is 10.5 Å². The average Bonchev–Trinajstić information content (AvgIpc) is 3.41. The van der Waals surface area contributed by atoms with Gasteiger partial charge in [0.25, 0.3) is 5.56 Å². The van der Waals surface area contributed by atoms with Gasteiger partial charge in [-0.05, 0) is 84.0 Å². The van der Waals surface area contributed by atoms with E-state index in [2.05, 4.69) is 50.2 Å². The molecule has 6 rings (SSSR count). The average molecular weight is 516 g/mol. The molecule has 0 spiro atoms. The summed E-state index contributed by atoms with van der Waals surface area (Å²) in [5, 5.41) is 14.0. The van der Waals surface area contributed by atoms with E-state index in [1.807, 2.05) is 28.9 Å². The zero-order valence-corrected chi connectivity index (χ0v) is 22.0. The molecule has 0 unspecified atom stereocenters. The smallest absolute Gasteiger partial charge is 0.253 e. The van der Waals surface area contributed by atoms with Gasteiger partial charge in [-0.3, -0.25) is 9.69 Å². The van der Waals surface area contributed by atoms with E-state index in [1.165, 1.54) is 18.1 Å². The number of para-hydroxylation sites is 1. The van der Waals surface area contributed by atoms with Crippen molar-refractivity contribution in [3.63, 3.8) is 0 Å². The van der Waals surface area contributed by atoms with E-state index in [4.69, 9.17) is 0 Å². The number of nitrogens with zero attached hydrogens (tertiary/aromatic N) is 6. The maximum absolute atomic E-state index is 14.5. The van der Waals surface area contributed by atoms with Crippen molar-refractivity contribution in [3.05, 3.63) is 81.2 Å². The highest BCUT2D eigenvalue weighted by Gasteiger charge is 2.34. The van der Waals surface area contributed by atoms with Crippen LogP contribution in [0.4, 0.5) is 10.1 Å². The fourth-order valence-corrected chi connectivity index (χ4v) is 6.09. The van der Waals surface area contributed by atoms with Crippen LogP contribution in [0, 0.1) is 19.7 Å². The lowest BCUT2D eigenvalue weighted by Crippen LogP contribution is -2.49. The monoisotopic (exact) mass is 515 g/mol. The molecule has 1 N–H and O–H groups in total. The number of hydrogen-bond acceptors (Lipinski definition) is 6. The third kappa shape index (κ3) is 4.60. The molecule has 2 fully saturated rings. The van der Waals surface area contributed by atoms with Crippen molar-refractivity contribution in [2.24, 2.45) is 0 Å². The lowest BCUT2D eigenvalue weighted by Gasteiger charge is -2.40. The van der Waals surface area contributed by atoms with Gasteiger partial charge in [-0.25, -0.2) is 9.07 Å². The molecule has 4 aromatic rings. The first kappa shape index (κ1) is 24.7. The molecule has 1 aliphatic carbocycles. The number of halogens is 1. The number of piperazine rings is 1. The number of aryl methyl sites for hydroxylation is 2. The van der Waals surface area contributed by atoms with Gasteiger partial charge in [-0.2, -0.15) is 0 Å². The first-order valence-corrected chi connectivity index (χ1v) is 13.6. The number of nitrogens with one attached hydrogen (secondary N) is 1. The van der Waals surface area contributed by atoms with E-state index in [0.717, 1.165) is 42.1 Å². The maximum Gasteiger partial charge on any atom is 0.253 e. The van der Waals surface area contributed by atoms with Gasteiger partial charge in [0, 0.05) is 37.3 Å². The second-order valence-corrected chi connectivity index (χ2v) is 10.7. The Labute approximate surface area is 221 Å². The largest absolute Gasteiger partial charge is 0.367 e. The van der Waals surface area contributed by atoms with Crippen LogP contribution in [-0.2, 0) is 0 Å². The second-order valence-electron chi connectivity index (χ2n) is 10.7. The van der Waals surface area contributed by atoms with Gasteiger partial charge in [-0.15, -0.1) is 5.10 Å². The minimum absolute atomic E-state index is 0.125. The molecule has 38 heavy (non-hydrogen) atoms. The van der Waals surface area contributed by atoms with Crippen molar-refractivity contribution in [3.8, 4) is 0 Å². The summed E-state index contributed by atoms with van der Waals surface area (Å²) in [6.07, 6.45) is 5.63. The van der Waals surface area contributed by atoms with Crippen molar-refractivity contribution in [1.82, 2.24) is 30.1 Å². The summed E-state index contributed by atoms with van der Waals surface area (Å²) in [5.41, 5.74) is 4.29. The van der Waals surface area contributed by atoms with Crippen molar-refractivity contribution in [2.45, 2.75) is 58.0 Å². The summed E-state index contributed by atoms with van der Waals surface area (Å²) in [6, 6.07) is 12.9. The Morgan fingerprint density at radius 3 is 2.47 bits per heavy atom. The normalized spacial score (nSPS) is 18.2. The first-order chi connectivity index (χ1) is 18.5. The molecule has 0 bridgehead atoms. The van der Waals surface area contributed by atoms with Gasteiger partial charge < -0.3 is 9.88 Å². The summed E-state index contributed by atoms with van der Waals surface area (Å²) in [7, 11) is 0. The number of H-pyrrole nitrogens is 1. The molecule has 0 amide bonds. The van der Waals surface area contributed by atoms with E-state index >= 15 is 0 Å². The van der Waals surface area contributed by atoms with Gasteiger partial charge >= 0.3 is 0 Å². The second kappa shape index (κ2) is 10.3. The van der Waals surface area contributed by atoms with Gasteiger partial charge in [0.1, 0.15) is 11.9 Å². The Morgan fingerprint density at radius 1 is 0.974 bits per heavy atom. The first-order valence-electron chi connectivity index (χ1n) is 13.6. The van der Waals surface area contributed by atoms with Crippen LogP contribution in [0.15, 0.2) is 47.3 Å². The third-order valence-corrected chi connectivity index (χ3v) is 8.34. The summed E-state index contributed by atoms with van der Waals surface area (Å²) in [4.78, 5) is 21.1. The molecule has 9 heteroatoms.